The Bertz CT molecular complexity index is 219. The molecule has 0 saturated carbocycles. The minimum absolute atomic E-state index is 0.237. The van der Waals surface area contributed by atoms with Crippen molar-refractivity contribution >= 4 is 5.97 Å². The second-order valence-corrected chi connectivity index (χ2v) is 3.18. The summed E-state index contributed by atoms with van der Waals surface area (Å²) in [7, 11) is 0. The second kappa shape index (κ2) is 5.65. The van der Waals surface area contributed by atoms with Crippen molar-refractivity contribution in [3.8, 4) is 0 Å². The molecule has 1 aliphatic rings. The fourth-order valence-electron chi connectivity index (χ4n) is 1.28. The Kier molecular flexibility index (Phi) is 4.46. The minimum Gasteiger partial charge on any atom is -0.463 e. The predicted octanol–water partition coefficient (Wildman–Crippen LogP) is 0.786. The van der Waals surface area contributed by atoms with E-state index in [1.165, 1.54) is 0 Å². The Labute approximate surface area is 84.5 Å². The first-order chi connectivity index (χ1) is 6.74. The van der Waals surface area contributed by atoms with Gasteiger partial charge < -0.3 is 14.4 Å². The zero-order valence-corrected chi connectivity index (χ0v) is 8.78. The van der Waals surface area contributed by atoms with Gasteiger partial charge in [-0.3, -0.25) is 0 Å². The Morgan fingerprint density at radius 3 is 2.71 bits per heavy atom. The van der Waals surface area contributed by atoms with E-state index >= 15 is 0 Å². The highest BCUT2D eigenvalue weighted by atomic mass is 16.5. The van der Waals surface area contributed by atoms with Crippen LogP contribution in [-0.4, -0.2) is 43.8 Å². The third kappa shape index (κ3) is 3.38. The molecule has 14 heavy (non-hydrogen) atoms. The molecule has 0 atom stereocenters. The molecule has 0 aliphatic carbocycles. The van der Waals surface area contributed by atoms with Crippen molar-refractivity contribution in [2.75, 3.05) is 32.9 Å². The number of carbonyl (C=O) groups excluding carboxylic acids is 1. The van der Waals surface area contributed by atoms with E-state index in [0.717, 1.165) is 26.3 Å². The van der Waals surface area contributed by atoms with E-state index in [-0.39, 0.29) is 5.97 Å². The van der Waals surface area contributed by atoms with E-state index in [4.69, 9.17) is 9.47 Å². The molecule has 0 aromatic heterocycles. The molecule has 0 unspecified atom stereocenters. The number of hydrogen-bond acceptors (Lipinski definition) is 4. The number of carbonyl (C=O) groups is 1. The lowest BCUT2D eigenvalue weighted by Crippen LogP contribution is -2.32. The lowest BCUT2D eigenvalue weighted by Gasteiger charge is -2.25. The summed E-state index contributed by atoms with van der Waals surface area (Å²) in [6, 6.07) is 0. The van der Waals surface area contributed by atoms with Crippen molar-refractivity contribution in [3.05, 3.63) is 11.8 Å². The van der Waals surface area contributed by atoms with E-state index in [0.29, 0.717) is 12.2 Å². The third-order valence-corrected chi connectivity index (χ3v) is 2.02. The normalized spacial score (nSPS) is 18.1. The average molecular weight is 199 g/mol. The van der Waals surface area contributed by atoms with Gasteiger partial charge in [0.05, 0.1) is 19.8 Å². The molecule has 1 fully saturated rings. The molecule has 1 heterocycles. The van der Waals surface area contributed by atoms with Crippen LogP contribution < -0.4 is 0 Å². The molecule has 0 radical (unpaired) electrons. The summed E-state index contributed by atoms with van der Waals surface area (Å²) < 4.78 is 10.1. The van der Waals surface area contributed by atoms with E-state index < -0.39 is 0 Å². The number of ether oxygens (including phenoxy) is 2. The van der Waals surface area contributed by atoms with Crippen molar-refractivity contribution in [2.24, 2.45) is 0 Å². The molecule has 0 N–H and O–H groups in total. The van der Waals surface area contributed by atoms with Crippen LogP contribution >= 0.6 is 0 Å². The number of nitrogens with zero attached hydrogens (tertiary/aromatic N) is 1. The maximum absolute atomic E-state index is 11.3. The molecule has 1 aliphatic heterocycles. The zero-order chi connectivity index (χ0) is 10.4. The first-order valence-corrected chi connectivity index (χ1v) is 4.91. The quantitative estimate of drug-likeness (QED) is 0.497. The fraction of sp³-hybridized carbons (Fsp3) is 0.700. The molecule has 0 amide bonds. The summed E-state index contributed by atoms with van der Waals surface area (Å²) in [5.74, 6) is -0.237. The van der Waals surface area contributed by atoms with Crippen LogP contribution in [0.5, 0.6) is 0 Å². The van der Waals surface area contributed by atoms with Gasteiger partial charge in [0.25, 0.3) is 0 Å². The van der Waals surface area contributed by atoms with Crippen molar-refractivity contribution in [2.45, 2.75) is 13.8 Å². The second-order valence-electron chi connectivity index (χ2n) is 3.18. The predicted molar refractivity (Wildman–Crippen MR) is 52.8 cm³/mol. The number of rotatable bonds is 3. The molecule has 4 nitrogen and oxygen atoms in total. The fourth-order valence-corrected chi connectivity index (χ4v) is 1.28. The van der Waals surface area contributed by atoms with Gasteiger partial charge in [0.1, 0.15) is 0 Å². The Hall–Kier alpha value is -1.03. The lowest BCUT2D eigenvalue weighted by atomic mass is 10.3. The van der Waals surface area contributed by atoms with E-state index in [2.05, 4.69) is 4.90 Å². The van der Waals surface area contributed by atoms with Gasteiger partial charge in [-0.2, -0.15) is 0 Å². The summed E-state index contributed by atoms with van der Waals surface area (Å²) in [5, 5.41) is 0. The van der Waals surface area contributed by atoms with E-state index in [1.807, 2.05) is 6.20 Å². The summed E-state index contributed by atoms with van der Waals surface area (Å²) in [6.45, 7) is 7.15. The van der Waals surface area contributed by atoms with Gasteiger partial charge in [0.2, 0.25) is 0 Å². The molecule has 80 valence electrons. The average Bonchev–Trinajstić information content (AvgIpc) is 2.19. The Morgan fingerprint density at radius 1 is 1.50 bits per heavy atom. The summed E-state index contributed by atoms with van der Waals surface area (Å²) in [4.78, 5) is 13.3. The van der Waals surface area contributed by atoms with Crippen LogP contribution in [0.2, 0.25) is 0 Å². The van der Waals surface area contributed by atoms with Gasteiger partial charge in [-0.05, 0) is 13.8 Å². The van der Waals surface area contributed by atoms with Gasteiger partial charge in [-0.25, -0.2) is 4.79 Å². The van der Waals surface area contributed by atoms with Gasteiger partial charge in [0, 0.05) is 24.9 Å². The Morgan fingerprint density at radius 2 is 2.14 bits per heavy atom. The van der Waals surface area contributed by atoms with Gasteiger partial charge in [0.15, 0.2) is 0 Å². The largest absolute Gasteiger partial charge is 0.463 e. The molecule has 0 aromatic rings. The molecular formula is C10H17NO3. The third-order valence-electron chi connectivity index (χ3n) is 2.02. The molecule has 0 aromatic carbocycles. The topological polar surface area (TPSA) is 38.8 Å². The lowest BCUT2D eigenvalue weighted by molar-refractivity contribution is -0.138. The Balaban J connectivity index is 2.44. The van der Waals surface area contributed by atoms with Gasteiger partial charge in [-0.15, -0.1) is 0 Å². The zero-order valence-electron chi connectivity index (χ0n) is 8.78. The van der Waals surface area contributed by atoms with Gasteiger partial charge in [-0.1, -0.05) is 0 Å². The van der Waals surface area contributed by atoms with Crippen molar-refractivity contribution in [1.82, 2.24) is 4.90 Å². The smallest absolute Gasteiger partial charge is 0.335 e. The summed E-state index contributed by atoms with van der Waals surface area (Å²) in [6.07, 6.45) is 1.85. The highest BCUT2D eigenvalue weighted by Crippen LogP contribution is 2.03. The van der Waals surface area contributed by atoms with Crippen LogP contribution in [0.4, 0.5) is 0 Å². The first kappa shape index (κ1) is 11.0. The molecule has 0 spiro atoms. The van der Waals surface area contributed by atoms with Crippen molar-refractivity contribution in [1.29, 1.82) is 0 Å². The summed E-state index contributed by atoms with van der Waals surface area (Å²) >= 11 is 0. The standard InChI is InChI=1S/C10H17NO3/c1-3-14-10(12)9(2)8-11-4-6-13-7-5-11/h8H,3-7H2,1-2H3. The van der Waals surface area contributed by atoms with Gasteiger partial charge >= 0.3 is 5.97 Å². The molecule has 0 bridgehead atoms. The SMILES string of the molecule is CCOC(=O)C(C)=CN1CCOCC1. The minimum atomic E-state index is -0.237. The maximum Gasteiger partial charge on any atom is 0.335 e. The number of esters is 1. The molecule has 1 saturated heterocycles. The van der Waals surface area contributed by atoms with Crippen molar-refractivity contribution in [3.63, 3.8) is 0 Å². The van der Waals surface area contributed by atoms with E-state index in [9.17, 15) is 4.79 Å². The van der Waals surface area contributed by atoms with Crippen LogP contribution in [-0.2, 0) is 14.3 Å². The summed E-state index contributed by atoms with van der Waals surface area (Å²) in [5.41, 5.74) is 0.647. The number of morpholine rings is 1. The monoisotopic (exact) mass is 199 g/mol. The van der Waals surface area contributed by atoms with Crippen LogP contribution in [0.1, 0.15) is 13.8 Å². The number of hydrogen-bond donors (Lipinski definition) is 0. The molecule has 4 heteroatoms. The maximum atomic E-state index is 11.3. The highest BCUT2D eigenvalue weighted by molar-refractivity contribution is 5.87. The van der Waals surface area contributed by atoms with Crippen LogP contribution in [0, 0.1) is 0 Å². The van der Waals surface area contributed by atoms with Crippen LogP contribution in [0.3, 0.4) is 0 Å². The first-order valence-electron chi connectivity index (χ1n) is 4.91. The highest BCUT2D eigenvalue weighted by Gasteiger charge is 2.10. The van der Waals surface area contributed by atoms with Crippen LogP contribution in [0.25, 0.3) is 0 Å². The van der Waals surface area contributed by atoms with E-state index in [1.54, 1.807) is 13.8 Å². The molecule has 1 rings (SSSR count). The van der Waals surface area contributed by atoms with Crippen LogP contribution in [0.15, 0.2) is 11.8 Å². The van der Waals surface area contributed by atoms with Crippen molar-refractivity contribution < 1.29 is 14.3 Å². The molecular weight excluding hydrogens is 182 g/mol.